The molecule has 21 heavy (non-hydrogen) atoms. The monoisotopic (exact) mass is 290 g/mol. The standard InChI is InChI=1S/C15H18N2O4/c1-3-5-6-7-8-10-9(4-2)11-12(18)16-15(20)17-13(11)21-14(10)19/h7-8H,3-6H2,1-2H3,(H2,16,17,18,20). The highest BCUT2D eigenvalue weighted by molar-refractivity contribution is 5.79. The van der Waals surface area contributed by atoms with Gasteiger partial charge >= 0.3 is 11.3 Å². The molecular weight excluding hydrogens is 272 g/mol. The zero-order valence-corrected chi connectivity index (χ0v) is 12.1. The molecule has 2 heterocycles. The van der Waals surface area contributed by atoms with E-state index < -0.39 is 16.9 Å². The Kier molecular flexibility index (Phi) is 4.57. The number of unbranched alkanes of at least 4 members (excludes halogenated alkanes) is 2. The van der Waals surface area contributed by atoms with Crippen molar-refractivity contribution < 1.29 is 4.42 Å². The minimum Gasteiger partial charge on any atom is -0.405 e. The summed E-state index contributed by atoms with van der Waals surface area (Å²) in [5.74, 6) is 0. The molecule has 2 aromatic heterocycles. The number of rotatable bonds is 5. The van der Waals surface area contributed by atoms with Crippen LogP contribution in [0.3, 0.4) is 0 Å². The van der Waals surface area contributed by atoms with Gasteiger partial charge in [0, 0.05) is 0 Å². The second-order valence-electron chi connectivity index (χ2n) is 4.79. The van der Waals surface area contributed by atoms with Crippen molar-refractivity contribution in [3.63, 3.8) is 0 Å². The molecule has 2 aromatic rings. The van der Waals surface area contributed by atoms with Crippen LogP contribution in [0.5, 0.6) is 0 Å². The Morgan fingerprint density at radius 1 is 1.14 bits per heavy atom. The van der Waals surface area contributed by atoms with Gasteiger partial charge in [-0.05, 0) is 18.4 Å². The molecule has 0 radical (unpaired) electrons. The molecule has 2 N–H and O–H groups in total. The maximum atomic E-state index is 12.0. The summed E-state index contributed by atoms with van der Waals surface area (Å²) in [6, 6.07) is 0. The predicted molar refractivity (Wildman–Crippen MR) is 81.7 cm³/mol. The number of aromatic nitrogens is 2. The van der Waals surface area contributed by atoms with E-state index in [2.05, 4.69) is 16.9 Å². The van der Waals surface area contributed by atoms with E-state index in [1.54, 1.807) is 6.08 Å². The third-order valence-electron chi connectivity index (χ3n) is 3.31. The van der Waals surface area contributed by atoms with E-state index in [0.29, 0.717) is 17.5 Å². The van der Waals surface area contributed by atoms with Crippen LogP contribution >= 0.6 is 0 Å². The van der Waals surface area contributed by atoms with E-state index in [1.807, 2.05) is 13.0 Å². The fourth-order valence-corrected chi connectivity index (χ4v) is 2.28. The first kappa shape index (κ1) is 15.0. The quantitative estimate of drug-likeness (QED) is 0.822. The van der Waals surface area contributed by atoms with Crippen molar-refractivity contribution in [3.8, 4) is 0 Å². The topological polar surface area (TPSA) is 95.9 Å². The van der Waals surface area contributed by atoms with Crippen molar-refractivity contribution in [1.29, 1.82) is 0 Å². The maximum absolute atomic E-state index is 12.0. The Bertz CT molecular complexity index is 839. The number of allylic oxidation sites excluding steroid dienone is 1. The van der Waals surface area contributed by atoms with Crippen molar-refractivity contribution >= 4 is 17.2 Å². The summed E-state index contributed by atoms with van der Waals surface area (Å²) in [6.07, 6.45) is 7.05. The van der Waals surface area contributed by atoms with Crippen LogP contribution in [0.4, 0.5) is 0 Å². The molecule has 6 heteroatoms. The molecule has 0 aliphatic carbocycles. The molecule has 0 aliphatic rings. The summed E-state index contributed by atoms with van der Waals surface area (Å²) >= 11 is 0. The summed E-state index contributed by atoms with van der Waals surface area (Å²) in [5, 5.41) is 0.229. The van der Waals surface area contributed by atoms with Crippen molar-refractivity contribution in [3.05, 3.63) is 48.5 Å². The Morgan fingerprint density at radius 2 is 1.90 bits per heavy atom. The summed E-state index contributed by atoms with van der Waals surface area (Å²) in [7, 11) is 0. The lowest BCUT2D eigenvalue weighted by Crippen LogP contribution is -2.25. The van der Waals surface area contributed by atoms with E-state index in [9.17, 15) is 14.4 Å². The SMILES string of the molecule is CCCCC=Cc1c(CC)c2c(=O)[nH]c(=O)[nH]c2oc1=O. The molecule has 0 saturated carbocycles. The molecule has 2 rings (SSSR count). The van der Waals surface area contributed by atoms with Gasteiger partial charge in [0.05, 0.1) is 5.56 Å². The number of H-pyrrole nitrogens is 2. The van der Waals surface area contributed by atoms with Gasteiger partial charge in [0.25, 0.3) is 5.56 Å². The number of hydrogen-bond donors (Lipinski definition) is 2. The number of aryl methyl sites for hydroxylation is 1. The Morgan fingerprint density at radius 3 is 2.57 bits per heavy atom. The third kappa shape index (κ3) is 3.04. The average Bonchev–Trinajstić information content (AvgIpc) is 2.43. The van der Waals surface area contributed by atoms with Crippen LogP contribution in [0.25, 0.3) is 17.2 Å². The highest BCUT2D eigenvalue weighted by atomic mass is 16.4. The molecule has 0 amide bonds. The van der Waals surface area contributed by atoms with Gasteiger partial charge in [-0.1, -0.05) is 38.8 Å². The lowest BCUT2D eigenvalue weighted by atomic mass is 10.0. The normalized spacial score (nSPS) is 11.5. The lowest BCUT2D eigenvalue weighted by Gasteiger charge is -2.05. The number of nitrogens with one attached hydrogen (secondary N) is 2. The van der Waals surface area contributed by atoms with Crippen LogP contribution in [0.2, 0.25) is 0 Å². The second-order valence-corrected chi connectivity index (χ2v) is 4.79. The molecule has 0 spiro atoms. The zero-order valence-electron chi connectivity index (χ0n) is 12.1. The van der Waals surface area contributed by atoms with Gasteiger partial charge in [0.15, 0.2) is 0 Å². The van der Waals surface area contributed by atoms with Crippen LogP contribution in [-0.2, 0) is 6.42 Å². The highest BCUT2D eigenvalue weighted by Gasteiger charge is 2.15. The first-order valence-corrected chi connectivity index (χ1v) is 7.07. The lowest BCUT2D eigenvalue weighted by molar-refractivity contribution is 0.542. The van der Waals surface area contributed by atoms with Crippen LogP contribution in [0.1, 0.15) is 44.2 Å². The Balaban J connectivity index is 2.69. The smallest absolute Gasteiger partial charge is 0.345 e. The van der Waals surface area contributed by atoms with E-state index in [1.165, 1.54) is 0 Å². The third-order valence-corrected chi connectivity index (χ3v) is 3.31. The largest absolute Gasteiger partial charge is 0.405 e. The van der Waals surface area contributed by atoms with Gasteiger partial charge in [0.1, 0.15) is 5.39 Å². The van der Waals surface area contributed by atoms with Gasteiger partial charge in [-0.3, -0.25) is 14.8 Å². The molecule has 0 bridgehead atoms. The number of fused-ring (bicyclic) bond motifs is 1. The molecule has 112 valence electrons. The summed E-state index contributed by atoms with van der Waals surface area (Å²) in [6.45, 7) is 3.94. The fraction of sp³-hybridized carbons (Fsp3) is 0.400. The summed E-state index contributed by atoms with van der Waals surface area (Å²) in [4.78, 5) is 39.8. The van der Waals surface area contributed by atoms with Crippen LogP contribution in [0.15, 0.2) is 24.9 Å². The van der Waals surface area contributed by atoms with Crippen LogP contribution in [0, 0.1) is 0 Å². The minimum atomic E-state index is -0.691. The van der Waals surface area contributed by atoms with Gasteiger partial charge in [-0.15, -0.1) is 0 Å². The maximum Gasteiger partial charge on any atom is 0.345 e. The Labute approximate surface area is 120 Å². The summed E-state index contributed by atoms with van der Waals surface area (Å²) < 4.78 is 5.07. The van der Waals surface area contributed by atoms with Crippen molar-refractivity contribution in [2.75, 3.05) is 0 Å². The van der Waals surface area contributed by atoms with Crippen molar-refractivity contribution in [1.82, 2.24) is 9.97 Å². The highest BCUT2D eigenvalue weighted by Crippen LogP contribution is 2.16. The Hall–Kier alpha value is -2.37. The van der Waals surface area contributed by atoms with Crippen molar-refractivity contribution in [2.45, 2.75) is 39.5 Å². The van der Waals surface area contributed by atoms with Gasteiger partial charge < -0.3 is 4.42 Å². The molecule has 0 aliphatic heterocycles. The van der Waals surface area contributed by atoms with Gasteiger partial charge in [-0.25, -0.2) is 9.59 Å². The fourth-order valence-electron chi connectivity index (χ4n) is 2.28. The molecular formula is C15H18N2O4. The van der Waals surface area contributed by atoms with E-state index in [0.717, 1.165) is 19.3 Å². The first-order valence-electron chi connectivity index (χ1n) is 7.07. The molecule has 0 fully saturated rings. The summed E-state index contributed by atoms with van der Waals surface area (Å²) in [5.41, 5.74) is -0.892. The average molecular weight is 290 g/mol. The van der Waals surface area contributed by atoms with E-state index >= 15 is 0 Å². The molecule has 0 atom stereocenters. The van der Waals surface area contributed by atoms with Crippen LogP contribution < -0.4 is 16.9 Å². The van der Waals surface area contributed by atoms with Gasteiger partial charge in [0.2, 0.25) is 5.71 Å². The molecule has 0 unspecified atom stereocenters. The number of aromatic amines is 2. The van der Waals surface area contributed by atoms with E-state index in [-0.39, 0.29) is 11.1 Å². The number of hydrogen-bond acceptors (Lipinski definition) is 4. The van der Waals surface area contributed by atoms with E-state index in [4.69, 9.17) is 4.42 Å². The van der Waals surface area contributed by atoms with Crippen molar-refractivity contribution in [2.24, 2.45) is 0 Å². The van der Waals surface area contributed by atoms with Gasteiger partial charge in [-0.2, -0.15) is 0 Å². The predicted octanol–water partition coefficient (Wildman–Crippen LogP) is 1.94. The second kappa shape index (κ2) is 6.39. The van der Waals surface area contributed by atoms with Crippen LogP contribution in [-0.4, -0.2) is 9.97 Å². The molecule has 0 saturated heterocycles. The first-order chi connectivity index (χ1) is 10.1. The minimum absolute atomic E-state index is 0.0729. The molecule has 6 nitrogen and oxygen atoms in total. The molecule has 0 aromatic carbocycles. The zero-order chi connectivity index (χ0) is 15.4.